The lowest BCUT2D eigenvalue weighted by atomic mass is 9.88. The van der Waals surface area contributed by atoms with Crippen molar-refractivity contribution >= 4 is 0 Å². The summed E-state index contributed by atoms with van der Waals surface area (Å²) in [6.45, 7) is 10.7. The molecule has 0 saturated carbocycles. The Morgan fingerprint density at radius 3 is 2.50 bits per heavy atom. The molecule has 0 amide bonds. The van der Waals surface area contributed by atoms with Gasteiger partial charge in [0.2, 0.25) is 0 Å². The van der Waals surface area contributed by atoms with Crippen LogP contribution in [0.15, 0.2) is 0 Å². The highest BCUT2D eigenvalue weighted by Gasteiger charge is 2.27. The zero-order valence-corrected chi connectivity index (χ0v) is 11.5. The van der Waals surface area contributed by atoms with Crippen molar-refractivity contribution in [3.63, 3.8) is 0 Å². The number of aliphatic hydroxyl groups excluding tert-OH is 1. The molecule has 0 aliphatic carbocycles. The standard InChI is InChI=1S/C14H29NO/c1-5-12-9-7-6-8-10-15(12)11-13(16)14(2,3)4/h12-13,16H,5-11H2,1-4H3. The highest BCUT2D eigenvalue weighted by Crippen LogP contribution is 2.24. The van der Waals surface area contributed by atoms with Crippen LogP contribution in [0.25, 0.3) is 0 Å². The van der Waals surface area contributed by atoms with Gasteiger partial charge in [0.05, 0.1) is 6.10 Å². The minimum Gasteiger partial charge on any atom is -0.391 e. The third-order valence-corrected chi connectivity index (χ3v) is 3.88. The van der Waals surface area contributed by atoms with Crippen molar-refractivity contribution in [2.75, 3.05) is 13.1 Å². The first-order valence-corrected chi connectivity index (χ1v) is 6.87. The molecule has 1 rings (SSSR count). The summed E-state index contributed by atoms with van der Waals surface area (Å²) in [4.78, 5) is 2.52. The van der Waals surface area contributed by atoms with Gasteiger partial charge in [-0.2, -0.15) is 0 Å². The molecule has 0 spiro atoms. The molecule has 96 valence electrons. The van der Waals surface area contributed by atoms with E-state index in [1.54, 1.807) is 0 Å². The summed E-state index contributed by atoms with van der Waals surface area (Å²) >= 11 is 0. The summed E-state index contributed by atoms with van der Waals surface area (Å²) in [6, 6.07) is 0.694. The Labute approximate surface area is 101 Å². The number of rotatable bonds is 3. The van der Waals surface area contributed by atoms with Crippen LogP contribution in [-0.4, -0.2) is 35.2 Å². The van der Waals surface area contributed by atoms with Crippen molar-refractivity contribution in [1.82, 2.24) is 4.90 Å². The van der Waals surface area contributed by atoms with Crippen molar-refractivity contribution in [1.29, 1.82) is 0 Å². The average molecular weight is 227 g/mol. The Bertz CT molecular complexity index is 197. The van der Waals surface area contributed by atoms with Crippen molar-refractivity contribution < 1.29 is 5.11 Å². The molecule has 2 heteroatoms. The summed E-state index contributed by atoms with van der Waals surface area (Å²) in [5.41, 5.74) is 0.00456. The molecule has 0 bridgehead atoms. The Kier molecular flexibility index (Phi) is 5.26. The van der Waals surface area contributed by atoms with Crippen molar-refractivity contribution in [3.8, 4) is 0 Å². The molecule has 0 aromatic heterocycles. The SMILES string of the molecule is CCC1CCCCCN1CC(O)C(C)(C)C. The van der Waals surface area contributed by atoms with Crippen molar-refractivity contribution in [2.45, 2.75) is 71.9 Å². The number of hydrogen-bond donors (Lipinski definition) is 1. The molecule has 2 nitrogen and oxygen atoms in total. The summed E-state index contributed by atoms with van der Waals surface area (Å²) in [7, 11) is 0. The highest BCUT2D eigenvalue weighted by atomic mass is 16.3. The van der Waals surface area contributed by atoms with Crippen LogP contribution in [0.1, 0.15) is 59.8 Å². The zero-order chi connectivity index (χ0) is 12.2. The van der Waals surface area contributed by atoms with Gasteiger partial charge < -0.3 is 5.11 Å². The molecule has 0 aromatic carbocycles. The van der Waals surface area contributed by atoms with E-state index in [2.05, 4.69) is 32.6 Å². The van der Waals surface area contributed by atoms with Gasteiger partial charge in [-0.05, 0) is 31.2 Å². The summed E-state index contributed by atoms with van der Waals surface area (Å²) in [6.07, 6.45) is 6.34. The highest BCUT2D eigenvalue weighted by molar-refractivity contribution is 4.81. The Hall–Kier alpha value is -0.0800. The number of nitrogens with zero attached hydrogens (tertiary/aromatic N) is 1. The van der Waals surface area contributed by atoms with E-state index in [9.17, 15) is 5.11 Å². The smallest absolute Gasteiger partial charge is 0.0715 e. The van der Waals surface area contributed by atoms with Gasteiger partial charge in [0.15, 0.2) is 0 Å². The molecule has 2 atom stereocenters. The van der Waals surface area contributed by atoms with Gasteiger partial charge in [-0.15, -0.1) is 0 Å². The Balaban J connectivity index is 2.54. The Morgan fingerprint density at radius 2 is 1.94 bits per heavy atom. The first-order chi connectivity index (χ1) is 7.45. The van der Waals surface area contributed by atoms with Gasteiger partial charge in [0.25, 0.3) is 0 Å². The van der Waals surface area contributed by atoms with Crippen LogP contribution >= 0.6 is 0 Å². The topological polar surface area (TPSA) is 23.5 Å². The summed E-state index contributed by atoms with van der Waals surface area (Å²) in [5.74, 6) is 0. The number of hydrogen-bond acceptors (Lipinski definition) is 2. The molecule has 1 heterocycles. The first kappa shape index (κ1) is 14.0. The number of aliphatic hydroxyl groups is 1. The fourth-order valence-corrected chi connectivity index (χ4v) is 2.44. The molecular weight excluding hydrogens is 198 g/mol. The lowest BCUT2D eigenvalue weighted by Gasteiger charge is -2.35. The van der Waals surface area contributed by atoms with E-state index in [1.807, 2.05) is 0 Å². The van der Waals surface area contributed by atoms with Gasteiger partial charge in [-0.1, -0.05) is 40.5 Å². The normalized spacial score (nSPS) is 26.4. The minimum atomic E-state index is -0.209. The van der Waals surface area contributed by atoms with Gasteiger partial charge in [0.1, 0.15) is 0 Å². The summed E-state index contributed by atoms with van der Waals surface area (Å²) in [5, 5.41) is 10.2. The minimum absolute atomic E-state index is 0.00456. The zero-order valence-electron chi connectivity index (χ0n) is 11.5. The van der Waals surface area contributed by atoms with E-state index < -0.39 is 0 Å². The van der Waals surface area contributed by atoms with Gasteiger partial charge in [-0.25, -0.2) is 0 Å². The lowest BCUT2D eigenvalue weighted by molar-refractivity contribution is 0.0158. The van der Waals surface area contributed by atoms with Gasteiger partial charge in [0, 0.05) is 12.6 Å². The maximum Gasteiger partial charge on any atom is 0.0715 e. The molecule has 1 saturated heterocycles. The van der Waals surface area contributed by atoms with Crippen LogP contribution in [0.3, 0.4) is 0 Å². The fraction of sp³-hybridized carbons (Fsp3) is 1.00. The number of β-amino-alcohol motifs (C(OH)–C–C–N with tert-alkyl or cyclic N) is 1. The third kappa shape index (κ3) is 4.06. The predicted molar refractivity (Wildman–Crippen MR) is 69.6 cm³/mol. The van der Waals surface area contributed by atoms with E-state index in [1.165, 1.54) is 38.6 Å². The second-order valence-corrected chi connectivity index (χ2v) is 6.29. The monoisotopic (exact) mass is 227 g/mol. The maximum atomic E-state index is 10.2. The van der Waals surface area contributed by atoms with Crippen LogP contribution < -0.4 is 0 Å². The number of likely N-dealkylation sites (tertiary alicyclic amines) is 1. The van der Waals surface area contributed by atoms with E-state index in [0.29, 0.717) is 6.04 Å². The fourth-order valence-electron chi connectivity index (χ4n) is 2.44. The van der Waals surface area contributed by atoms with Crippen LogP contribution in [0.5, 0.6) is 0 Å². The lowest BCUT2D eigenvalue weighted by Crippen LogP contribution is -2.44. The maximum absolute atomic E-state index is 10.2. The molecule has 1 aliphatic heterocycles. The van der Waals surface area contributed by atoms with Gasteiger partial charge >= 0.3 is 0 Å². The molecule has 16 heavy (non-hydrogen) atoms. The van der Waals surface area contributed by atoms with E-state index in [0.717, 1.165) is 6.54 Å². The van der Waals surface area contributed by atoms with E-state index >= 15 is 0 Å². The largest absolute Gasteiger partial charge is 0.391 e. The quantitative estimate of drug-likeness (QED) is 0.801. The summed E-state index contributed by atoms with van der Waals surface area (Å²) < 4.78 is 0. The van der Waals surface area contributed by atoms with Crippen molar-refractivity contribution in [2.24, 2.45) is 5.41 Å². The predicted octanol–water partition coefficient (Wildman–Crippen LogP) is 3.05. The second-order valence-electron chi connectivity index (χ2n) is 6.29. The Morgan fingerprint density at radius 1 is 1.25 bits per heavy atom. The molecule has 1 N–H and O–H groups in total. The van der Waals surface area contributed by atoms with Crippen LogP contribution in [0, 0.1) is 5.41 Å². The van der Waals surface area contributed by atoms with E-state index in [-0.39, 0.29) is 11.5 Å². The molecule has 1 aliphatic rings. The molecule has 1 fully saturated rings. The molecule has 2 unspecified atom stereocenters. The van der Waals surface area contributed by atoms with Gasteiger partial charge in [-0.3, -0.25) is 4.90 Å². The molecule has 0 aromatic rings. The average Bonchev–Trinajstić information content (AvgIpc) is 2.41. The van der Waals surface area contributed by atoms with Crippen LogP contribution in [0.2, 0.25) is 0 Å². The van der Waals surface area contributed by atoms with Crippen LogP contribution in [0.4, 0.5) is 0 Å². The van der Waals surface area contributed by atoms with E-state index in [4.69, 9.17) is 0 Å². The first-order valence-electron chi connectivity index (χ1n) is 6.87. The third-order valence-electron chi connectivity index (χ3n) is 3.88. The van der Waals surface area contributed by atoms with Crippen LogP contribution in [-0.2, 0) is 0 Å². The second kappa shape index (κ2) is 6.02. The van der Waals surface area contributed by atoms with Crippen molar-refractivity contribution in [3.05, 3.63) is 0 Å². The molecular formula is C14H29NO. The molecule has 0 radical (unpaired) electrons.